The van der Waals surface area contributed by atoms with Crippen molar-refractivity contribution in [2.75, 3.05) is 5.32 Å². The molecule has 3 aromatic carbocycles. The number of imidazole rings is 1. The lowest BCUT2D eigenvalue weighted by atomic mass is 9.49. The Morgan fingerprint density at radius 3 is 2.43 bits per heavy atom. The minimum Gasteiger partial charge on any atom is -0.342 e. The summed E-state index contributed by atoms with van der Waals surface area (Å²) in [6.07, 6.45) is 0.994. The maximum atomic E-state index is 14.0. The van der Waals surface area contributed by atoms with Crippen molar-refractivity contribution >= 4 is 33.4 Å². The number of amides is 1. The Labute approximate surface area is 218 Å². The van der Waals surface area contributed by atoms with E-state index in [9.17, 15) is 4.79 Å². The van der Waals surface area contributed by atoms with Crippen LogP contribution in [0.4, 0.5) is 5.13 Å². The van der Waals surface area contributed by atoms with Crippen LogP contribution in [0, 0.1) is 12.0 Å². The van der Waals surface area contributed by atoms with Gasteiger partial charge >= 0.3 is 0 Å². The molecule has 2 bridgehead atoms. The van der Waals surface area contributed by atoms with Crippen molar-refractivity contribution in [3.63, 3.8) is 0 Å². The molecule has 180 valence electrons. The normalized spacial score (nSPS) is 23.3. The number of para-hydroxylation sites is 2. The molecule has 0 fully saturated rings. The van der Waals surface area contributed by atoms with Crippen molar-refractivity contribution in [2.24, 2.45) is 5.41 Å². The fourth-order valence-electron chi connectivity index (χ4n) is 6.39. The van der Waals surface area contributed by atoms with Crippen LogP contribution < -0.4 is 5.32 Å². The van der Waals surface area contributed by atoms with Crippen LogP contribution >= 0.6 is 11.3 Å². The molecule has 0 saturated carbocycles. The maximum absolute atomic E-state index is 14.0. The molecular formula is C30H23N5OS. The third-order valence-electron chi connectivity index (χ3n) is 7.96. The van der Waals surface area contributed by atoms with Crippen LogP contribution in [-0.2, 0) is 16.8 Å². The summed E-state index contributed by atoms with van der Waals surface area (Å²) >= 11 is 1.42. The van der Waals surface area contributed by atoms with Crippen molar-refractivity contribution in [1.82, 2.24) is 15.0 Å². The summed E-state index contributed by atoms with van der Waals surface area (Å²) in [5, 5.41) is 5.64. The molecule has 2 aromatic heterocycles. The quantitative estimate of drug-likeness (QED) is 0.285. The smallest absolute Gasteiger partial charge is 0.284 e. The lowest BCUT2D eigenvalue weighted by Crippen LogP contribution is -2.53. The number of nitrogens with zero attached hydrogens (tertiary/aromatic N) is 3. The molecule has 5 aromatic rings. The summed E-state index contributed by atoms with van der Waals surface area (Å²) in [5.74, 6) is 0.616. The first-order chi connectivity index (χ1) is 18.0. The van der Waals surface area contributed by atoms with Gasteiger partial charge in [-0.1, -0.05) is 60.7 Å². The van der Waals surface area contributed by atoms with Crippen LogP contribution in [0.25, 0.3) is 15.9 Å². The van der Waals surface area contributed by atoms with E-state index < -0.39 is 11.0 Å². The molecule has 1 unspecified atom stereocenters. The molecule has 3 aliphatic carbocycles. The SMILES string of the molecule is [C-]#[N+]C12CC(C)(C(=O)Nc3nc(Cc4nc5ccccc5[nH]4)cs3)C(c3ccccc31)c1ccccc12. The zero-order valence-corrected chi connectivity index (χ0v) is 21.0. The number of anilines is 1. The summed E-state index contributed by atoms with van der Waals surface area (Å²) < 4.78 is 0. The van der Waals surface area contributed by atoms with Crippen LogP contribution in [0.15, 0.2) is 78.2 Å². The summed E-state index contributed by atoms with van der Waals surface area (Å²) in [6, 6.07) is 24.2. The summed E-state index contributed by atoms with van der Waals surface area (Å²) in [7, 11) is 0. The van der Waals surface area contributed by atoms with Crippen molar-refractivity contribution in [1.29, 1.82) is 0 Å². The summed E-state index contributed by atoms with van der Waals surface area (Å²) in [4.78, 5) is 30.9. The third-order valence-corrected chi connectivity index (χ3v) is 8.77. The predicted molar refractivity (Wildman–Crippen MR) is 144 cm³/mol. The van der Waals surface area contributed by atoms with E-state index in [1.165, 1.54) is 11.3 Å². The highest BCUT2D eigenvalue weighted by atomic mass is 32.1. The van der Waals surface area contributed by atoms with Gasteiger partial charge in [0.1, 0.15) is 5.82 Å². The number of hydrogen-bond donors (Lipinski definition) is 2. The standard InChI is InChI=1S/C30H23N5OS/c1-29(17-30(31-2)21-11-5-3-9-19(21)26(29)20-10-4-6-12-22(20)30)27(36)35-28-32-18(16-37-28)15-25-33-23-13-7-8-14-24(23)34-25/h3-14,16,26H,15,17H2,1H3,(H,33,34)(H,32,35,36). The molecule has 0 saturated heterocycles. The Balaban J connectivity index is 1.21. The molecule has 1 atom stereocenters. The molecule has 8 rings (SSSR count). The van der Waals surface area contributed by atoms with E-state index in [2.05, 4.69) is 44.4 Å². The molecule has 7 heteroatoms. The lowest BCUT2D eigenvalue weighted by Gasteiger charge is -2.51. The maximum Gasteiger partial charge on any atom is 0.284 e. The minimum absolute atomic E-state index is 0.0980. The first kappa shape index (κ1) is 22.0. The average Bonchev–Trinajstić information content (AvgIpc) is 3.54. The molecule has 37 heavy (non-hydrogen) atoms. The zero-order valence-electron chi connectivity index (χ0n) is 20.2. The highest BCUT2D eigenvalue weighted by Gasteiger charge is 2.64. The first-order valence-corrected chi connectivity index (χ1v) is 13.2. The number of hydrogen-bond acceptors (Lipinski definition) is 4. The summed E-state index contributed by atoms with van der Waals surface area (Å²) in [6.45, 7) is 10.3. The van der Waals surface area contributed by atoms with Crippen molar-refractivity contribution in [3.05, 3.63) is 123 Å². The van der Waals surface area contributed by atoms with E-state index in [4.69, 9.17) is 11.6 Å². The van der Waals surface area contributed by atoms with Crippen molar-refractivity contribution in [3.8, 4) is 0 Å². The van der Waals surface area contributed by atoms with E-state index in [0.717, 1.165) is 44.8 Å². The number of carbonyl (C=O) groups excluding carboxylic acids is 1. The van der Waals surface area contributed by atoms with Gasteiger partial charge in [0.2, 0.25) is 5.91 Å². The molecular weight excluding hydrogens is 478 g/mol. The highest BCUT2D eigenvalue weighted by molar-refractivity contribution is 7.13. The Morgan fingerprint density at radius 2 is 1.73 bits per heavy atom. The Morgan fingerprint density at radius 1 is 1.05 bits per heavy atom. The predicted octanol–water partition coefficient (Wildman–Crippen LogP) is 6.27. The molecule has 1 amide bonds. The van der Waals surface area contributed by atoms with Gasteiger partial charge < -0.3 is 10.3 Å². The second kappa shape index (κ2) is 7.86. The lowest BCUT2D eigenvalue weighted by molar-refractivity contribution is -0.127. The highest BCUT2D eigenvalue weighted by Crippen LogP contribution is 2.64. The van der Waals surface area contributed by atoms with Gasteiger partial charge in [-0.25, -0.2) is 16.5 Å². The van der Waals surface area contributed by atoms with Crippen LogP contribution in [0.5, 0.6) is 0 Å². The van der Waals surface area contributed by atoms with Crippen molar-refractivity contribution in [2.45, 2.75) is 31.2 Å². The van der Waals surface area contributed by atoms with Crippen LogP contribution in [-0.4, -0.2) is 20.9 Å². The fourth-order valence-corrected chi connectivity index (χ4v) is 7.10. The third kappa shape index (κ3) is 3.12. The van der Waals surface area contributed by atoms with Gasteiger partial charge in [0, 0.05) is 35.3 Å². The van der Waals surface area contributed by atoms with Crippen LogP contribution in [0.2, 0.25) is 0 Å². The second-order valence-electron chi connectivity index (χ2n) is 10.1. The van der Waals surface area contributed by atoms with Crippen LogP contribution in [0.1, 0.15) is 53.0 Å². The topological polar surface area (TPSA) is 75.0 Å². The van der Waals surface area contributed by atoms with E-state index in [1.54, 1.807) is 0 Å². The van der Waals surface area contributed by atoms with Crippen molar-refractivity contribution < 1.29 is 4.79 Å². The van der Waals surface area contributed by atoms with E-state index >= 15 is 0 Å². The minimum atomic E-state index is -0.872. The van der Waals surface area contributed by atoms with Gasteiger partial charge in [-0.05, 0) is 30.2 Å². The van der Waals surface area contributed by atoms with Gasteiger partial charge in [-0.3, -0.25) is 9.64 Å². The molecule has 0 radical (unpaired) electrons. The monoisotopic (exact) mass is 501 g/mol. The largest absolute Gasteiger partial charge is 0.342 e. The molecule has 2 heterocycles. The molecule has 2 N–H and O–H groups in total. The number of carbonyl (C=O) groups is 1. The number of H-pyrrole nitrogens is 1. The molecule has 3 aliphatic rings. The Bertz CT molecular complexity index is 1660. The number of benzene rings is 3. The average molecular weight is 502 g/mol. The fraction of sp³-hybridized carbons (Fsp3) is 0.200. The number of fused-ring (bicyclic) bond motifs is 2. The number of rotatable bonds is 4. The summed E-state index contributed by atoms with van der Waals surface area (Å²) in [5.41, 5.74) is 5.32. The van der Waals surface area contributed by atoms with Crippen LogP contribution in [0.3, 0.4) is 0 Å². The van der Waals surface area contributed by atoms with E-state index in [0.29, 0.717) is 18.0 Å². The Kier molecular flexibility index (Phi) is 4.66. The van der Waals surface area contributed by atoms with Gasteiger partial charge in [0.25, 0.3) is 5.54 Å². The second-order valence-corrected chi connectivity index (χ2v) is 11.0. The number of aromatic amines is 1. The Hall–Kier alpha value is -4.28. The van der Waals surface area contributed by atoms with Gasteiger partial charge in [-0.15, -0.1) is 11.3 Å². The van der Waals surface area contributed by atoms with Gasteiger partial charge in [0.05, 0.1) is 22.1 Å². The van der Waals surface area contributed by atoms with E-state index in [1.807, 2.05) is 60.8 Å². The molecule has 0 spiro atoms. The number of aromatic nitrogens is 3. The molecule has 6 nitrogen and oxygen atoms in total. The van der Waals surface area contributed by atoms with E-state index in [-0.39, 0.29) is 11.8 Å². The zero-order chi connectivity index (χ0) is 25.2. The van der Waals surface area contributed by atoms with Gasteiger partial charge in [-0.2, -0.15) is 0 Å². The van der Waals surface area contributed by atoms with Gasteiger partial charge in [0.15, 0.2) is 5.13 Å². The first-order valence-electron chi connectivity index (χ1n) is 12.3. The number of nitrogens with one attached hydrogen (secondary N) is 2. The number of thiazole rings is 1. The molecule has 0 aliphatic heterocycles.